The minimum atomic E-state index is -0.371. The van der Waals surface area contributed by atoms with E-state index in [1.807, 2.05) is 6.92 Å². The topological polar surface area (TPSA) is 46.2 Å². The summed E-state index contributed by atoms with van der Waals surface area (Å²) >= 11 is 0. The molecule has 0 aromatic carbocycles. The maximum Gasteiger partial charge on any atom is 0.0611 e. The number of nitrogens with two attached hydrogens (primary N) is 1. The molecule has 2 nitrogen and oxygen atoms in total. The fourth-order valence-corrected chi connectivity index (χ4v) is 2.66. The number of hydrogen-bond acceptors (Lipinski definition) is 2. The maximum absolute atomic E-state index is 9.13. The second kappa shape index (κ2) is 2.57. The number of fused-ring (bicyclic) bond motifs is 2. The fraction of sp³-hybridized carbons (Fsp3) is 0.800. The van der Waals surface area contributed by atoms with Crippen molar-refractivity contribution in [3.8, 4) is 0 Å². The van der Waals surface area contributed by atoms with E-state index in [0.29, 0.717) is 11.8 Å². The highest BCUT2D eigenvalue weighted by Gasteiger charge is 2.43. The van der Waals surface area contributed by atoms with Crippen molar-refractivity contribution in [1.29, 1.82) is 0 Å². The molecule has 2 aliphatic carbocycles. The van der Waals surface area contributed by atoms with E-state index in [2.05, 4.69) is 12.2 Å². The zero-order valence-corrected chi connectivity index (χ0v) is 7.53. The van der Waals surface area contributed by atoms with Crippen molar-refractivity contribution in [3.63, 3.8) is 0 Å². The van der Waals surface area contributed by atoms with Crippen LogP contribution in [0.1, 0.15) is 19.8 Å². The predicted molar refractivity (Wildman–Crippen MR) is 48.5 cm³/mol. The molecule has 0 aromatic rings. The van der Waals surface area contributed by atoms with Crippen LogP contribution in [0.4, 0.5) is 0 Å². The summed E-state index contributed by atoms with van der Waals surface area (Å²) in [7, 11) is 0. The highest BCUT2D eigenvalue weighted by Crippen LogP contribution is 2.47. The standard InChI is InChI=1S/C10H17NO/c1-10(11,6-12)9-5-7-2-3-8(9)4-7/h2-3,7-9,12H,4-6,11H2,1H3. The molecular formula is C10H17NO. The van der Waals surface area contributed by atoms with E-state index in [9.17, 15) is 0 Å². The molecule has 0 aliphatic heterocycles. The van der Waals surface area contributed by atoms with E-state index in [0.717, 1.165) is 5.92 Å². The van der Waals surface area contributed by atoms with Gasteiger partial charge in [-0.25, -0.2) is 0 Å². The molecule has 3 N–H and O–H groups in total. The van der Waals surface area contributed by atoms with Crippen LogP contribution in [0.25, 0.3) is 0 Å². The lowest BCUT2D eigenvalue weighted by Crippen LogP contribution is -2.49. The Labute approximate surface area is 73.5 Å². The van der Waals surface area contributed by atoms with E-state index in [-0.39, 0.29) is 12.1 Å². The maximum atomic E-state index is 9.13. The number of allylic oxidation sites excluding steroid dienone is 2. The average molecular weight is 167 g/mol. The average Bonchev–Trinajstić information content (AvgIpc) is 2.64. The molecule has 0 aromatic heterocycles. The molecule has 2 heteroatoms. The summed E-state index contributed by atoms with van der Waals surface area (Å²) in [6, 6.07) is 0. The van der Waals surface area contributed by atoms with Crippen molar-refractivity contribution < 1.29 is 5.11 Å². The van der Waals surface area contributed by atoms with Gasteiger partial charge < -0.3 is 10.8 Å². The molecule has 68 valence electrons. The van der Waals surface area contributed by atoms with Gasteiger partial charge in [-0.1, -0.05) is 12.2 Å². The third-order valence-electron chi connectivity index (χ3n) is 3.47. The summed E-state index contributed by atoms with van der Waals surface area (Å²) in [6.07, 6.45) is 7.01. The summed E-state index contributed by atoms with van der Waals surface area (Å²) in [4.78, 5) is 0. The number of aliphatic hydroxyl groups excluding tert-OH is 1. The number of hydrogen-bond donors (Lipinski definition) is 2. The van der Waals surface area contributed by atoms with Crippen LogP contribution in [0.3, 0.4) is 0 Å². The van der Waals surface area contributed by atoms with Gasteiger partial charge in [-0.3, -0.25) is 0 Å². The second-order valence-corrected chi connectivity index (χ2v) is 4.55. The van der Waals surface area contributed by atoms with E-state index < -0.39 is 0 Å². The lowest BCUT2D eigenvalue weighted by atomic mass is 9.78. The van der Waals surface area contributed by atoms with Gasteiger partial charge in [0.05, 0.1) is 6.61 Å². The van der Waals surface area contributed by atoms with Gasteiger partial charge in [-0.2, -0.15) is 0 Å². The van der Waals surface area contributed by atoms with Crippen LogP contribution < -0.4 is 5.73 Å². The van der Waals surface area contributed by atoms with Crippen molar-refractivity contribution in [2.45, 2.75) is 25.3 Å². The van der Waals surface area contributed by atoms with Crippen LogP contribution in [0.15, 0.2) is 12.2 Å². The Hall–Kier alpha value is -0.340. The van der Waals surface area contributed by atoms with E-state index in [4.69, 9.17) is 10.8 Å². The van der Waals surface area contributed by atoms with E-state index in [1.54, 1.807) is 0 Å². The van der Waals surface area contributed by atoms with Crippen LogP contribution in [0.2, 0.25) is 0 Å². The highest BCUT2D eigenvalue weighted by atomic mass is 16.3. The Morgan fingerprint density at radius 3 is 2.67 bits per heavy atom. The second-order valence-electron chi connectivity index (χ2n) is 4.55. The minimum Gasteiger partial charge on any atom is -0.394 e. The lowest BCUT2D eigenvalue weighted by molar-refractivity contribution is 0.139. The fourth-order valence-electron chi connectivity index (χ4n) is 2.66. The molecule has 4 unspecified atom stereocenters. The van der Waals surface area contributed by atoms with Gasteiger partial charge >= 0.3 is 0 Å². The first-order valence-corrected chi connectivity index (χ1v) is 4.71. The first-order valence-electron chi connectivity index (χ1n) is 4.71. The van der Waals surface area contributed by atoms with Crippen molar-refractivity contribution in [3.05, 3.63) is 12.2 Å². The van der Waals surface area contributed by atoms with Crippen molar-refractivity contribution in [2.75, 3.05) is 6.61 Å². The van der Waals surface area contributed by atoms with Gasteiger partial charge in [-0.05, 0) is 37.5 Å². The molecule has 0 spiro atoms. The number of aliphatic hydroxyl groups is 1. The van der Waals surface area contributed by atoms with E-state index >= 15 is 0 Å². The predicted octanol–water partition coefficient (Wildman–Crippen LogP) is 0.908. The Kier molecular flexibility index (Phi) is 1.77. The van der Waals surface area contributed by atoms with Gasteiger partial charge in [0.15, 0.2) is 0 Å². The quantitative estimate of drug-likeness (QED) is 0.600. The molecule has 2 aliphatic rings. The first-order chi connectivity index (χ1) is 5.63. The number of rotatable bonds is 2. The molecule has 12 heavy (non-hydrogen) atoms. The Morgan fingerprint density at radius 2 is 2.25 bits per heavy atom. The van der Waals surface area contributed by atoms with Gasteiger partial charge in [0, 0.05) is 5.54 Å². The zero-order chi connectivity index (χ0) is 8.77. The molecule has 4 atom stereocenters. The monoisotopic (exact) mass is 167 g/mol. The molecule has 0 heterocycles. The van der Waals surface area contributed by atoms with Gasteiger partial charge in [0.1, 0.15) is 0 Å². The molecule has 1 fully saturated rings. The van der Waals surface area contributed by atoms with Gasteiger partial charge in [0.2, 0.25) is 0 Å². The Bertz CT molecular complexity index is 210. The Morgan fingerprint density at radius 1 is 1.50 bits per heavy atom. The summed E-state index contributed by atoms with van der Waals surface area (Å²) in [5, 5.41) is 9.13. The highest BCUT2D eigenvalue weighted by molar-refractivity contribution is 5.14. The summed E-state index contributed by atoms with van der Waals surface area (Å²) in [5.41, 5.74) is 5.65. The van der Waals surface area contributed by atoms with Crippen LogP contribution in [-0.2, 0) is 0 Å². The normalized spacial score (nSPS) is 43.4. The minimum absolute atomic E-state index is 0.106. The first kappa shape index (κ1) is 8.27. The molecule has 0 amide bonds. The lowest BCUT2D eigenvalue weighted by Gasteiger charge is -2.33. The molecular weight excluding hydrogens is 150 g/mol. The van der Waals surface area contributed by atoms with Crippen molar-refractivity contribution in [1.82, 2.24) is 0 Å². The molecule has 0 saturated heterocycles. The van der Waals surface area contributed by atoms with Crippen molar-refractivity contribution in [2.24, 2.45) is 23.5 Å². The van der Waals surface area contributed by atoms with Crippen LogP contribution in [-0.4, -0.2) is 17.3 Å². The smallest absolute Gasteiger partial charge is 0.0611 e. The van der Waals surface area contributed by atoms with E-state index in [1.165, 1.54) is 12.8 Å². The third-order valence-corrected chi connectivity index (χ3v) is 3.47. The van der Waals surface area contributed by atoms with Gasteiger partial charge in [0.25, 0.3) is 0 Å². The SMILES string of the molecule is CC(N)(CO)C1CC2C=CC1C2. The molecule has 0 radical (unpaired) electrons. The van der Waals surface area contributed by atoms with Crippen molar-refractivity contribution >= 4 is 0 Å². The largest absolute Gasteiger partial charge is 0.394 e. The van der Waals surface area contributed by atoms with Crippen LogP contribution in [0, 0.1) is 17.8 Å². The summed E-state index contributed by atoms with van der Waals surface area (Å²) < 4.78 is 0. The zero-order valence-electron chi connectivity index (χ0n) is 7.53. The van der Waals surface area contributed by atoms with Crippen LogP contribution >= 0.6 is 0 Å². The summed E-state index contributed by atoms with van der Waals surface area (Å²) in [6.45, 7) is 2.07. The molecule has 2 rings (SSSR count). The van der Waals surface area contributed by atoms with Crippen LogP contribution in [0.5, 0.6) is 0 Å². The Balaban J connectivity index is 2.12. The van der Waals surface area contributed by atoms with Gasteiger partial charge in [-0.15, -0.1) is 0 Å². The molecule has 2 bridgehead atoms. The third kappa shape index (κ3) is 1.10. The summed E-state index contributed by atoms with van der Waals surface area (Å²) in [5.74, 6) is 1.88. The molecule has 1 saturated carbocycles.